The van der Waals surface area contributed by atoms with Gasteiger partial charge in [0.05, 0.1) is 6.04 Å². The van der Waals surface area contributed by atoms with Crippen molar-refractivity contribution in [2.45, 2.75) is 64.7 Å². The predicted molar refractivity (Wildman–Crippen MR) is 134 cm³/mol. The molecular formula is C24H38N4O5S. The summed E-state index contributed by atoms with van der Waals surface area (Å²) in [5, 5.41) is 17.4. The minimum Gasteiger partial charge on any atom is -0.480 e. The predicted octanol–water partition coefficient (Wildman–Crippen LogP) is 1.16. The zero-order valence-corrected chi connectivity index (χ0v) is 21.4. The van der Waals surface area contributed by atoms with Crippen LogP contribution in [0.5, 0.6) is 0 Å². The van der Waals surface area contributed by atoms with Gasteiger partial charge in [0.2, 0.25) is 17.7 Å². The van der Waals surface area contributed by atoms with Crippen molar-refractivity contribution >= 4 is 35.5 Å². The van der Waals surface area contributed by atoms with E-state index in [0.717, 1.165) is 5.56 Å². The Morgan fingerprint density at radius 3 is 1.94 bits per heavy atom. The number of rotatable bonds is 14. The molecule has 0 aromatic heterocycles. The van der Waals surface area contributed by atoms with Gasteiger partial charge in [-0.15, -0.1) is 0 Å². The third-order valence-electron chi connectivity index (χ3n) is 5.36. The molecule has 0 radical (unpaired) electrons. The number of benzene rings is 1. The highest BCUT2D eigenvalue weighted by atomic mass is 32.2. The standard InChI is InChI=1S/C24H38N4O5S/c1-14(2)19(27-21(29)17(25)11-12-34-5)23(31)26-18(13-16-9-7-6-8-10-16)22(30)28-20(15(3)4)24(32)33/h6-10,14-15,17-20H,11-13,25H2,1-5H3,(H,26,31)(H,27,29)(H,28,30)(H,32,33). The van der Waals surface area contributed by atoms with E-state index in [4.69, 9.17) is 5.73 Å². The molecule has 4 atom stereocenters. The van der Waals surface area contributed by atoms with Crippen LogP contribution in [0.25, 0.3) is 0 Å². The maximum atomic E-state index is 13.1. The van der Waals surface area contributed by atoms with Gasteiger partial charge >= 0.3 is 5.97 Å². The number of carbonyl (C=O) groups is 4. The van der Waals surface area contributed by atoms with Crippen molar-refractivity contribution in [2.75, 3.05) is 12.0 Å². The Kier molecular flexibility index (Phi) is 12.7. The molecule has 34 heavy (non-hydrogen) atoms. The van der Waals surface area contributed by atoms with Crippen LogP contribution in [-0.2, 0) is 25.6 Å². The topological polar surface area (TPSA) is 151 Å². The van der Waals surface area contributed by atoms with Crippen LogP contribution in [0.4, 0.5) is 0 Å². The first kappa shape index (κ1) is 29.4. The van der Waals surface area contributed by atoms with Crippen molar-refractivity contribution in [3.05, 3.63) is 35.9 Å². The molecule has 0 heterocycles. The molecule has 9 nitrogen and oxygen atoms in total. The van der Waals surface area contributed by atoms with E-state index in [2.05, 4.69) is 16.0 Å². The molecule has 1 aromatic rings. The van der Waals surface area contributed by atoms with Crippen molar-refractivity contribution in [3.63, 3.8) is 0 Å². The number of aliphatic carboxylic acids is 1. The van der Waals surface area contributed by atoms with E-state index in [1.54, 1.807) is 39.5 Å². The lowest BCUT2D eigenvalue weighted by molar-refractivity contribution is -0.143. The van der Waals surface area contributed by atoms with Crippen LogP contribution in [0, 0.1) is 11.8 Å². The van der Waals surface area contributed by atoms with E-state index in [1.165, 1.54) is 0 Å². The summed E-state index contributed by atoms with van der Waals surface area (Å²) in [7, 11) is 0. The van der Waals surface area contributed by atoms with Crippen molar-refractivity contribution in [3.8, 4) is 0 Å². The maximum absolute atomic E-state index is 13.1. The van der Waals surface area contributed by atoms with Crippen LogP contribution in [0.2, 0.25) is 0 Å². The van der Waals surface area contributed by atoms with Crippen molar-refractivity contribution in [2.24, 2.45) is 17.6 Å². The first-order chi connectivity index (χ1) is 16.0. The largest absolute Gasteiger partial charge is 0.480 e. The van der Waals surface area contributed by atoms with Crippen LogP contribution in [-0.4, -0.2) is 65.0 Å². The first-order valence-electron chi connectivity index (χ1n) is 11.4. The maximum Gasteiger partial charge on any atom is 0.326 e. The monoisotopic (exact) mass is 494 g/mol. The summed E-state index contributed by atoms with van der Waals surface area (Å²) in [5.41, 5.74) is 6.73. The van der Waals surface area contributed by atoms with Gasteiger partial charge in [0.15, 0.2) is 0 Å². The normalized spacial score (nSPS) is 14.7. The molecular weight excluding hydrogens is 456 g/mol. The van der Waals surface area contributed by atoms with E-state index in [-0.39, 0.29) is 18.3 Å². The van der Waals surface area contributed by atoms with Gasteiger partial charge in [0.25, 0.3) is 0 Å². The number of amides is 3. The molecule has 1 aromatic carbocycles. The third-order valence-corrected chi connectivity index (χ3v) is 6.01. The number of hydrogen-bond donors (Lipinski definition) is 5. The fraction of sp³-hybridized carbons (Fsp3) is 0.583. The highest BCUT2D eigenvalue weighted by molar-refractivity contribution is 7.98. The number of hydrogen-bond acceptors (Lipinski definition) is 6. The molecule has 3 amide bonds. The number of carboxylic acid groups (broad SMARTS) is 1. The minimum absolute atomic E-state index is 0.162. The van der Waals surface area contributed by atoms with Gasteiger partial charge in [-0.3, -0.25) is 14.4 Å². The molecule has 0 saturated carbocycles. The highest BCUT2D eigenvalue weighted by Gasteiger charge is 2.32. The average Bonchev–Trinajstić information content (AvgIpc) is 2.78. The molecule has 0 fully saturated rings. The third kappa shape index (κ3) is 9.72. The Hall–Kier alpha value is -2.59. The molecule has 10 heteroatoms. The van der Waals surface area contributed by atoms with E-state index in [1.807, 2.05) is 36.6 Å². The van der Waals surface area contributed by atoms with Crippen LogP contribution < -0.4 is 21.7 Å². The van der Waals surface area contributed by atoms with Crippen LogP contribution in [0.1, 0.15) is 39.7 Å². The molecule has 190 valence electrons. The number of nitrogens with two attached hydrogens (primary N) is 1. The van der Waals surface area contributed by atoms with Gasteiger partial charge in [-0.05, 0) is 35.8 Å². The summed E-state index contributed by atoms with van der Waals surface area (Å²) >= 11 is 1.57. The molecule has 1 rings (SSSR count). The second kappa shape index (κ2) is 14.6. The lowest BCUT2D eigenvalue weighted by Crippen LogP contribution is -2.59. The van der Waals surface area contributed by atoms with Crippen LogP contribution in [0.15, 0.2) is 30.3 Å². The van der Waals surface area contributed by atoms with Gasteiger partial charge in [-0.1, -0.05) is 58.0 Å². The summed E-state index contributed by atoms with van der Waals surface area (Å²) in [4.78, 5) is 50.3. The Balaban J connectivity index is 3.06. The van der Waals surface area contributed by atoms with Crippen LogP contribution >= 0.6 is 11.8 Å². The molecule has 0 aliphatic carbocycles. The van der Waals surface area contributed by atoms with Crippen molar-refractivity contribution in [1.29, 1.82) is 0 Å². The molecule has 4 unspecified atom stereocenters. The van der Waals surface area contributed by atoms with E-state index >= 15 is 0 Å². The fourth-order valence-electron chi connectivity index (χ4n) is 3.26. The number of nitrogens with one attached hydrogen (secondary N) is 3. The molecule has 0 aliphatic heterocycles. The second-order valence-corrected chi connectivity index (χ2v) is 9.92. The minimum atomic E-state index is -1.15. The Labute approximate surface area is 206 Å². The molecule has 0 saturated heterocycles. The average molecular weight is 495 g/mol. The van der Waals surface area contributed by atoms with E-state index < -0.39 is 47.9 Å². The van der Waals surface area contributed by atoms with Gasteiger partial charge < -0.3 is 26.8 Å². The Bertz CT molecular complexity index is 819. The lowest BCUT2D eigenvalue weighted by Gasteiger charge is -2.27. The highest BCUT2D eigenvalue weighted by Crippen LogP contribution is 2.09. The second-order valence-electron chi connectivity index (χ2n) is 8.94. The zero-order valence-electron chi connectivity index (χ0n) is 20.5. The SMILES string of the molecule is CSCCC(N)C(=O)NC(C(=O)NC(Cc1ccccc1)C(=O)NC(C(=O)O)C(C)C)C(C)C. The number of thioether (sulfide) groups is 1. The van der Waals surface area contributed by atoms with Gasteiger partial charge in [0, 0.05) is 6.42 Å². The summed E-state index contributed by atoms with van der Waals surface area (Å²) in [6.07, 6.45) is 2.56. The smallest absolute Gasteiger partial charge is 0.326 e. The molecule has 6 N–H and O–H groups in total. The quantitative estimate of drug-likeness (QED) is 0.260. The molecule has 0 aliphatic rings. The summed E-state index contributed by atoms with van der Waals surface area (Å²) in [6.45, 7) is 6.94. The number of carbonyl (C=O) groups excluding carboxylic acids is 3. The first-order valence-corrected chi connectivity index (χ1v) is 12.8. The summed E-state index contributed by atoms with van der Waals surface area (Å²) < 4.78 is 0. The fourth-order valence-corrected chi connectivity index (χ4v) is 3.75. The van der Waals surface area contributed by atoms with Crippen LogP contribution in [0.3, 0.4) is 0 Å². The van der Waals surface area contributed by atoms with Crippen molar-refractivity contribution in [1.82, 2.24) is 16.0 Å². The lowest BCUT2D eigenvalue weighted by atomic mass is 9.99. The molecule has 0 spiro atoms. The van der Waals surface area contributed by atoms with Gasteiger partial charge in [-0.25, -0.2) is 4.79 Å². The summed E-state index contributed by atoms with van der Waals surface area (Å²) in [6, 6.07) is 5.32. The van der Waals surface area contributed by atoms with E-state index in [9.17, 15) is 24.3 Å². The zero-order chi connectivity index (χ0) is 25.8. The number of carboxylic acids is 1. The van der Waals surface area contributed by atoms with E-state index in [0.29, 0.717) is 12.2 Å². The Morgan fingerprint density at radius 2 is 1.44 bits per heavy atom. The van der Waals surface area contributed by atoms with Gasteiger partial charge in [0.1, 0.15) is 18.1 Å². The van der Waals surface area contributed by atoms with Crippen molar-refractivity contribution < 1.29 is 24.3 Å². The van der Waals surface area contributed by atoms with Gasteiger partial charge in [-0.2, -0.15) is 11.8 Å². The molecule has 0 bridgehead atoms. The summed E-state index contributed by atoms with van der Waals surface area (Å²) in [5.74, 6) is -2.62. The Morgan fingerprint density at radius 1 is 0.882 bits per heavy atom.